The van der Waals surface area contributed by atoms with Crippen LogP contribution in [0.2, 0.25) is 0 Å². The van der Waals surface area contributed by atoms with Gasteiger partial charge in [0.15, 0.2) is 6.61 Å². The Hall–Kier alpha value is -2.24. The SMILES string of the molecule is CC(CNc1ccc2c(c1)N(C)C(=O)CO2)C(=O)O. The lowest BCUT2D eigenvalue weighted by molar-refractivity contribution is -0.140. The van der Waals surface area contributed by atoms with Gasteiger partial charge in [-0.15, -0.1) is 0 Å². The summed E-state index contributed by atoms with van der Waals surface area (Å²) in [6.45, 7) is 2.01. The quantitative estimate of drug-likeness (QED) is 0.853. The van der Waals surface area contributed by atoms with E-state index in [0.29, 0.717) is 18.0 Å². The number of likely N-dealkylation sites (N-methyl/N-ethyl adjacent to an activating group) is 1. The number of benzene rings is 1. The molecule has 0 spiro atoms. The molecule has 0 bridgehead atoms. The minimum atomic E-state index is -0.846. The normalized spacial score (nSPS) is 15.5. The summed E-state index contributed by atoms with van der Waals surface area (Å²) < 4.78 is 5.31. The summed E-state index contributed by atoms with van der Waals surface area (Å²) in [5.74, 6) is -0.782. The molecule has 102 valence electrons. The maximum Gasteiger partial charge on any atom is 0.308 e. The predicted molar refractivity (Wildman–Crippen MR) is 70.6 cm³/mol. The fourth-order valence-electron chi connectivity index (χ4n) is 1.74. The first-order valence-electron chi connectivity index (χ1n) is 5.99. The van der Waals surface area contributed by atoms with Crippen molar-refractivity contribution in [3.05, 3.63) is 18.2 Å². The molecule has 1 atom stereocenters. The van der Waals surface area contributed by atoms with Gasteiger partial charge in [0.25, 0.3) is 5.91 Å². The van der Waals surface area contributed by atoms with Gasteiger partial charge in [0, 0.05) is 19.3 Å². The highest BCUT2D eigenvalue weighted by Gasteiger charge is 2.22. The van der Waals surface area contributed by atoms with Crippen molar-refractivity contribution in [1.82, 2.24) is 0 Å². The highest BCUT2D eigenvalue weighted by atomic mass is 16.5. The van der Waals surface area contributed by atoms with Crippen LogP contribution in [0.3, 0.4) is 0 Å². The Morgan fingerprint density at radius 2 is 2.32 bits per heavy atom. The number of hydrogen-bond donors (Lipinski definition) is 2. The van der Waals surface area contributed by atoms with Crippen LogP contribution in [-0.2, 0) is 9.59 Å². The van der Waals surface area contributed by atoms with Crippen molar-refractivity contribution < 1.29 is 19.4 Å². The van der Waals surface area contributed by atoms with Crippen molar-refractivity contribution in [1.29, 1.82) is 0 Å². The number of rotatable bonds is 4. The fraction of sp³-hybridized carbons (Fsp3) is 0.385. The second kappa shape index (κ2) is 5.17. The summed E-state index contributed by atoms with van der Waals surface area (Å²) in [5.41, 5.74) is 1.45. The summed E-state index contributed by atoms with van der Waals surface area (Å²) in [6, 6.07) is 5.35. The van der Waals surface area contributed by atoms with Gasteiger partial charge >= 0.3 is 5.97 Å². The molecule has 1 aromatic rings. The molecule has 0 radical (unpaired) electrons. The van der Waals surface area contributed by atoms with Crippen LogP contribution in [0.1, 0.15) is 6.92 Å². The lowest BCUT2D eigenvalue weighted by atomic mass is 10.1. The minimum absolute atomic E-state index is 0.0479. The van der Waals surface area contributed by atoms with Crippen molar-refractivity contribution in [3.63, 3.8) is 0 Å². The first-order chi connectivity index (χ1) is 8.99. The van der Waals surface area contributed by atoms with Crippen LogP contribution in [0.25, 0.3) is 0 Å². The number of fused-ring (bicyclic) bond motifs is 1. The minimum Gasteiger partial charge on any atom is -0.482 e. The van der Waals surface area contributed by atoms with E-state index in [1.807, 2.05) is 0 Å². The number of nitrogens with one attached hydrogen (secondary N) is 1. The summed E-state index contributed by atoms with van der Waals surface area (Å²) in [4.78, 5) is 23.8. The number of carboxylic acid groups (broad SMARTS) is 1. The Morgan fingerprint density at radius 1 is 1.58 bits per heavy atom. The van der Waals surface area contributed by atoms with Crippen LogP contribution in [0.4, 0.5) is 11.4 Å². The zero-order valence-corrected chi connectivity index (χ0v) is 10.8. The predicted octanol–water partition coefficient (Wildman–Crippen LogP) is 1.17. The zero-order chi connectivity index (χ0) is 14.0. The maximum atomic E-state index is 11.5. The van der Waals surface area contributed by atoms with Gasteiger partial charge in [-0.3, -0.25) is 9.59 Å². The van der Waals surface area contributed by atoms with Gasteiger partial charge in [-0.05, 0) is 18.2 Å². The average Bonchev–Trinajstić information content (AvgIpc) is 2.40. The first kappa shape index (κ1) is 13.2. The third-order valence-corrected chi connectivity index (χ3v) is 3.08. The molecule has 0 aromatic heterocycles. The largest absolute Gasteiger partial charge is 0.482 e. The van der Waals surface area contributed by atoms with E-state index in [-0.39, 0.29) is 12.5 Å². The van der Waals surface area contributed by atoms with Gasteiger partial charge in [-0.2, -0.15) is 0 Å². The van der Waals surface area contributed by atoms with Crippen molar-refractivity contribution in [3.8, 4) is 5.75 Å². The molecule has 6 nitrogen and oxygen atoms in total. The summed E-state index contributed by atoms with van der Waals surface area (Å²) in [5, 5.41) is 11.9. The zero-order valence-electron chi connectivity index (χ0n) is 10.8. The highest BCUT2D eigenvalue weighted by molar-refractivity contribution is 5.97. The monoisotopic (exact) mass is 264 g/mol. The Kier molecular flexibility index (Phi) is 3.59. The molecule has 2 rings (SSSR count). The number of amides is 1. The van der Waals surface area contributed by atoms with Crippen molar-refractivity contribution in [2.24, 2.45) is 5.92 Å². The van der Waals surface area contributed by atoms with Gasteiger partial charge < -0.3 is 20.1 Å². The lowest BCUT2D eigenvalue weighted by Gasteiger charge is -2.26. The first-order valence-corrected chi connectivity index (χ1v) is 5.99. The Labute approximate surface area is 111 Å². The fourth-order valence-corrected chi connectivity index (χ4v) is 1.74. The Balaban J connectivity index is 2.12. The third kappa shape index (κ3) is 2.78. The van der Waals surface area contributed by atoms with E-state index in [9.17, 15) is 9.59 Å². The number of carbonyl (C=O) groups is 2. The second-order valence-corrected chi connectivity index (χ2v) is 4.54. The topological polar surface area (TPSA) is 78.9 Å². The van der Waals surface area contributed by atoms with Gasteiger partial charge in [-0.25, -0.2) is 0 Å². The smallest absolute Gasteiger partial charge is 0.308 e. The van der Waals surface area contributed by atoms with E-state index < -0.39 is 11.9 Å². The van der Waals surface area contributed by atoms with Gasteiger partial charge in [0.05, 0.1) is 11.6 Å². The van der Waals surface area contributed by atoms with Gasteiger partial charge in [0.1, 0.15) is 5.75 Å². The molecule has 0 saturated heterocycles. The van der Waals surface area contributed by atoms with E-state index in [1.165, 1.54) is 4.90 Å². The number of carbonyl (C=O) groups excluding carboxylic acids is 1. The van der Waals surface area contributed by atoms with Crippen LogP contribution < -0.4 is 15.0 Å². The second-order valence-electron chi connectivity index (χ2n) is 4.54. The van der Waals surface area contributed by atoms with E-state index in [1.54, 1.807) is 32.2 Å². The number of ether oxygens (including phenoxy) is 1. The number of aliphatic carboxylic acids is 1. The van der Waals surface area contributed by atoms with Crippen LogP contribution in [0.5, 0.6) is 5.75 Å². The molecule has 0 saturated carbocycles. The van der Waals surface area contributed by atoms with E-state index in [4.69, 9.17) is 9.84 Å². The van der Waals surface area contributed by atoms with Crippen molar-refractivity contribution in [2.75, 3.05) is 30.4 Å². The van der Waals surface area contributed by atoms with Gasteiger partial charge in [-0.1, -0.05) is 6.92 Å². The molecule has 0 aliphatic carbocycles. The standard InChI is InChI=1S/C13H16N2O4/c1-8(13(17)18)6-14-9-3-4-11-10(5-9)15(2)12(16)7-19-11/h3-5,8,14H,6-7H2,1-2H3,(H,17,18). The molecule has 1 aliphatic rings. The van der Waals surface area contributed by atoms with Gasteiger partial charge in [0.2, 0.25) is 0 Å². The molecular formula is C13H16N2O4. The van der Waals surface area contributed by atoms with E-state index in [0.717, 1.165) is 5.69 Å². The van der Waals surface area contributed by atoms with E-state index in [2.05, 4.69) is 5.32 Å². The summed E-state index contributed by atoms with van der Waals surface area (Å²) >= 11 is 0. The molecular weight excluding hydrogens is 248 g/mol. The summed E-state index contributed by atoms with van der Waals surface area (Å²) in [7, 11) is 1.69. The number of hydrogen-bond acceptors (Lipinski definition) is 4. The van der Waals surface area contributed by atoms with E-state index >= 15 is 0 Å². The molecule has 2 N–H and O–H groups in total. The number of anilines is 2. The Morgan fingerprint density at radius 3 is 3.00 bits per heavy atom. The molecule has 1 aromatic carbocycles. The van der Waals surface area contributed by atoms with Crippen LogP contribution in [0, 0.1) is 5.92 Å². The van der Waals surface area contributed by atoms with Crippen LogP contribution >= 0.6 is 0 Å². The molecule has 1 aliphatic heterocycles. The number of carboxylic acids is 1. The van der Waals surface area contributed by atoms with Crippen LogP contribution in [-0.4, -0.2) is 37.2 Å². The Bertz CT molecular complexity index is 515. The van der Waals surface area contributed by atoms with Crippen molar-refractivity contribution in [2.45, 2.75) is 6.92 Å². The summed E-state index contributed by atoms with van der Waals surface area (Å²) in [6.07, 6.45) is 0. The molecule has 6 heteroatoms. The molecule has 1 heterocycles. The molecule has 1 amide bonds. The maximum absolute atomic E-state index is 11.5. The number of nitrogens with zero attached hydrogens (tertiary/aromatic N) is 1. The van der Waals surface area contributed by atoms with Crippen molar-refractivity contribution >= 4 is 23.3 Å². The molecule has 0 fully saturated rings. The van der Waals surface area contributed by atoms with Crippen LogP contribution in [0.15, 0.2) is 18.2 Å². The highest BCUT2D eigenvalue weighted by Crippen LogP contribution is 2.33. The average molecular weight is 264 g/mol. The molecule has 1 unspecified atom stereocenters. The molecule has 19 heavy (non-hydrogen) atoms. The third-order valence-electron chi connectivity index (χ3n) is 3.08. The lowest BCUT2D eigenvalue weighted by Crippen LogP contribution is -2.35.